The van der Waals surface area contributed by atoms with Gasteiger partial charge in [0.05, 0.1) is 17.8 Å². The molecule has 3 aliphatic rings. The van der Waals surface area contributed by atoms with E-state index >= 15 is 0 Å². The minimum Gasteiger partial charge on any atom is -0.413 e. The van der Waals surface area contributed by atoms with Gasteiger partial charge in [0, 0.05) is 22.9 Å². The summed E-state index contributed by atoms with van der Waals surface area (Å²) in [5, 5.41) is 10.6. The lowest BCUT2D eigenvalue weighted by Gasteiger charge is -2.44. The maximum atomic E-state index is 10.4. The summed E-state index contributed by atoms with van der Waals surface area (Å²) < 4.78 is 14.3. The van der Waals surface area contributed by atoms with Gasteiger partial charge in [-0.05, 0) is 107 Å². The van der Waals surface area contributed by atoms with Crippen molar-refractivity contribution in [2.75, 3.05) is 11.5 Å². The van der Waals surface area contributed by atoms with Crippen LogP contribution in [-0.4, -0.2) is 42.8 Å². The fourth-order valence-electron chi connectivity index (χ4n) is 7.48. The van der Waals surface area contributed by atoms with Gasteiger partial charge >= 0.3 is 0 Å². The zero-order chi connectivity index (χ0) is 29.4. The first-order chi connectivity index (χ1) is 17.9. The van der Waals surface area contributed by atoms with Crippen LogP contribution in [0, 0.1) is 34.5 Å². The Bertz CT molecular complexity index is 878. The van der Waals surface area contributed by atoms with Crippen molar-refractivity contribution in [3.63, 3.8) is 0 Å². The largest absolute Gasteiger partial charge is 0.413 e. The van der Waals surface area contributed by atoms with E-state index in [1.54, 1.807) is 5.57 Å². The number of allylic oxidation sites excluding steroid dienone is 2. The lowest BCUT2D eigenvalue weighted by atomic mass is 9.61. The van der Waals surface area contributed by atoms with Gasteiger partial charge in [-0.1, -0.05) is 87.9 Å². The highest BCUT2D eigenvalue weighted by Gasteiger charge is 2.54. The quantitative estimate of drug-likeness (QED) is 0.0971. The van der Waals surface area contributed by atoms with Crippen LogP contribution in [0.1, 0.15) is 107 Å². The summed E-state index contributed by atoms with van der Waals surface area (Å²) in [6, 6.07) is 0. The van der Waals surface area contributed by atoms with Crippen molar-refractivity contribution >= 4 is 30.9 Å². The van der Waals surface area contributed by atoms with Gasteiger partial charge in [-0.2, -0.15) is 0 Å². The highest BCUT2D eigenvalue weighted by atomic mass is 127. The number of halogens is 1. The summed E-state index contributed by atoms with van der Waals surface area (Å²) in [4.78, 5) is 0. The van der Waals surface area contributed by atoms with E-state index < -0.39 is 13.9 Å². The van der Waals surface area contributed by atoms with Gasteiger partial charge in [-0.25, -0.2) is 0 Å². The van der Waals surface area contributed by atoms with E-state index in [0.29, 0.717) is 29.3 Å². The third kappa shape index (κ3) is 7.64. The van der Waals surface area contributed by atoms with Crippen LogP contribution in [0.15, 0.2) is 23.8 Å². The predicted molar refractivity (Wildman–Crippen MR) is 178 cm³/mol. The molecular weight excluding hydrogens is 611 g/mol. The lowest BCUT2D eigenvalue weighted by molar-refractivity contribution is 0.0434. The van der Waals surface area contributed by atoms with E-state index in [0.717, 1.165) is 10.8 Å². The molecule has 3 nitrogen and oxygen atoms in total. The lowest BCUT2D eigenvalue weighted by Crippen LogP contribution is -2.45. The van der Waals surface area contributed by atoms with E-state index in [1.165, 1.54) is 44.9 Å². The molecule has 0 radical (unpaired) electrons. The fraction of sp³-hybridized carbons (Fsp3) is 0.882. The molecule has 0 bridgehead atoms. The zero-order valence-corrected chi connectivity index (χ0v) is 30.4. The van der Waals surface area contributed by atoms with Crippen LogP contribution in [0.4, 0.5) is 0 Å². The molecule has 3 saturated carbocycles. The van der Waals surface area contributed by atoms with Crippen molar-refractivity contribution in [1.29, 1.82) is 0 Å². The molecule has 3 aliphatic carbocycles. The first-order valence-corrected chi connectivity index (χ1v) is 20.2. The van der Waals surface area contributed by atoms with Gasteiger partial charge in [0.1, 0.15) is 0 Å². The van der Waals surface area contributed by atoms with E-state index in [1.807, 2.05) is 21.0 Å². The van der Waals surface area contributed by atoms with Crippen molar-refractivity contribution in [1.82, 2.24) is 0 Å². The molecular formula is C34H61IO3Si. The van der Waals surface area contributed by atoms with Crippen LogP contribution >= 0.6 is 22.6 Å². The molecule has 7 atom stereocenters. The number of fused-ring (bicyclic) bond motifs is 1. The molecule has 0 spiro atoms. The average Bonchev–Trinajstić information content (AvgIpc) is 3.51. The van der Waals surface area contributed by atoms with Crippen LogP contribution in [0.3, 0.4) is 0 Å². The van der Waals surface area contributed by atoms with Gasteiger partial charge in [0.15, 0.2) is 8.32 Å². The summed E-state index contributed by atoms with van der Waals surface area (Å²) in [5.74, 6) is 2.08. The normalized spacial score (nSPS) is 31.8. The highest BCUT2D eigenvalue weighted by molar-refractivity contribution is 14.1. The van der Waals surface area contributed by atoms with Crippen molar-refractivity contribution in [3.8, 4) is 0 Å². The molecule has 0 heterocycles. The Hall–Kier alpha value is 0.307. The van der Waals surface area contributed by atoms with Crippen LogP contribution in [0.2, 0.25) is 18.1 Å². The number of ether oxygens (including phenoxy) is 1. The van der Waals surface area contributed by atoms with E-state index in [9.17, 15) is 5.11 Å². The van der Waals surface area contributed by atoms with Crippen LogP contribution in [-0.2, 0) is 9.16 Å². The summed E-state index contributed by atoms with van der Waals surface area (Å²) in [5.41, 5.74) is 1.62. The van der Waals surface area contributed by atoms with Gasteiger partial charge in [-0.3, -0.25) is 0 Å². The van der Waals surface area contributed by atoms with E-state index in [-0.39, 0.29) is 22.5 Å². The molecule has 0 aromatic carbocycles. The van der Waals surface area contributed by atoms with Crippen molar-refractivity contribution < 1.29 is 14.3 Å². The van der Waals surface area contributed by atoms with Crippen molar-refractivity contribution in [2.24, 2.45) is 34.5 Å². The molecule has 3 rings (SSSR count). The molecule has 0 aromatic heterocycles. The smallest absolute Gasteiger partial charge is 0.192 e. The molecule has 226 valence electrons. The van der Waals surface area contributed by atoms with Crippen molar-refractivity contribution in [2.45, 2.75) is 143 Å². The molecule has 5 heteroatoms. The maximum Gasteiger partial charge on any atom is 0.192 e. The Labute approximate surface area is 256 Å². The molecule has 0 amide bonds. The second-order valence-electron chi connectivity index (χ2n) is 15.9. The van der Waals surface area contributed by atoms with Crippen LogP contribution in [0.5, 0.6) is 0 Å². The number of hydrogen-bond acceptors (Lipinski definition) is 3. The van der Waals surface area contributed by atoms with Gasteiger partial charge in [-0.15, -0.1) is 0 Å². The standard InChI is InChI=1S/C34H61IO3Si/c1-24(14-15-25(2)32(6,7)36)28-16-17-29-26(13-12-18-33(28,29)8)21-30(37-9)34(19-20-34)22-27(23-35)38-39(10,11)31(3,4)5/h14-15,21,24-25,27-30,36H,12-13,16-20,22-23H2,1-11H3/b15-14+,26-21+/t24-,25+,27-,28-,29+,30-,33-/m1/s1. The number of rotatable bonds is 12. The Morgan fingerprint density at radius 1 is 1.08 bits per heavy atom. The molecule has 1 N–H and O–H groups in total. The summed E-state index contributed by atoms with van der Waals surface area (Å²) in [6.07, 6.45) is 17.9. The van der Waals surface area contributed by atoms with Gasteiger partial charge in [0.2, 0.25) is 0 Å². The fourth-order valence-corrected chi connectivity index (χ4v) is 9.67. The Morgan fingerprint density at radius 2 is 1.72 bits per heavy atom. The summed E-state index contributed by atoms with van der Waals surface area (Å²) in [7, 11) is 0.137. The molecule has 0 unspecified atom stereocenters. The van der Waals surface area contributed by atoms with Gasteiger partial charge < -0.3 is 14.3 Å². The summed E-state index contributed by atoms with van der Waals surface area (Å²) in [6.45, 7) is 22.8. The molecule has 0 aromatic rings. The number of methoxy groups -OCH3 is 1. The first-order valence-electron chi connectivity index (χ1n) is 15.8. The maximum absolute atomic E-state index is 10.4. The summed E-state index contributed by atoms with van der Waals surface area (Å²) >= 11 is 2.54. The highest BCUT2D eigenvalue weighted by Crippen LogP contribution is 2.61. The average molecular weight is 673 g/mol. The number of hydrogen-bond donors (Lipinski definition) is 1. The van der Waals surface area contributed by atoms with Crippen LogP contribution in [0.25, 0.3) is 0 Å². The van der Waals surface area contributed by atoms with Gasteiger partial charge in [0.25, 0.3) is 0 Å². The SMILES string of the molecule is CO[C@H](/C=C1\CCC[C@]2(C)[C@@H]([C@H](C)/C=C/[C@H](C)C(C)(C)O)CC[C@@H]12)C1(C[C@H](CI)O[Si](C)(C)C(C)(C)C)CC1. The first kappa shape index (κ1) is 33.8. The minimum absolute atomic E-state index is 0.163. The Kier molecular flexibility index (Phi) is 10.8. The third-order valence-electron chi connectivity index (χ3n) is 11.7. The molecule has 39 heavy (non-hydrogen) atoms. The Balaban J connectivity index is 1.76. The Morgan fingerprint density at radius 3 is 2.23 bits per heavy atom. The number of alkyl halides is 1. The third-order valence-corrected chi connectivity index (χ3v) is 17.2. The van der Waals surface area contributed by atoms with E-state index in [4.69, 9.17) is 9.16 Å². The van der Waals surface area contributed by atoms with Crippen molar-refractivity contribution in [3.05, 3.63) is 23.8 Å². The molecule has 0 aliphatic heterocycles. The van der Waals surface area contributed by atoms with E-state index in [2.05, 4.69) is 95.5 Å². The number of aliphatic hydroxyl groups is 1. The second-order valence-corrected chi connectivity index (χ2v) is 21.5. The second kappa shape index (κ2) is 12.5. The molecule has 3 fully saturated rings. The minimum atomic E-state index is -1.80. The van der Waals surface area contributed by atoms with Crippen LogP contribution < -0.4 is 0 Å². The predicted octanol–water partition coefficient (Wildman–Crippen LogP) is 9.74. The zero-order valence-electron chi connectivity index (χ0n) is 27.2. The molecule has 0 saturated heterocycles. The topological polar surface area (TPSA) is 38.7 Å². The monoisotopic (exact) mass is 672 g/mol.